The van der Waals surface area contributed by atoms with Crippen LogP contribution in [0, 0.1) is 0 Å². The monoisotopic (exact) mass is 203 g/mol. The first-order chi connectivity index (χ1) is 7.29. The van der Waals surface area contributed by atoms with E-state index in [0.29, 0.717) is 0 Å². The summed E-state index contributed by atoms with van der Waals surface area (Å²) in [6.45, 7) is 2.15. The van der Waals surface area contributed by atoms with Gasteiger partial charge >= 0.3 is 0 Å². The first-order valence-electron chi connectivity index (χ1n) is 5.49. The Labute approximate surface area is 89.7 Å². The number of nitrogens with two attached hydrogens (primary N) is 1. The molecule has 15 heavy (non-hydrogen) atoms. The zero-order chi connectivity index (χ0) is 10.7. The molecule has 0 saturated carbocycles. The van der Waals surface area contributed by atoms with Gasteiger partial charge in [-0.25, -0.2) is 4.98 Å². The number of para-hydroxylation sites is 2. The van der Waals surface area contributed by atoms with Crippen molar-refractivity contribution in [3.8, 4) is 0 Å². The summed E-state index contributed by atoms with van der Waals surface area (Å²) < 4.78 is 0. The van der Waals surface area contributed by atoms with Crippen molar-refractivity contribution in [3.63, 3.8) is 0 Å². The minimum atomic E-state index is 0.218. The van der Waals surface area contributed by atoms with E-state index < -0.39 is 0 Å². The van der Waals surface area contributed by atoms with E-state index in [1.54, 1.807) is 0 Å². The van der Waals surface area contributed by atoms with Crippen molar-refractivity contribution in [1.82, 2.24) is 9.97 Å². The lowest BCUT2D eigenvalue weighted by molar-refractivity contribution is 0.588. The highest BCUT2D eigenvalue weighted by Crippen LogP contribution is 2.11. The summed E-state index contributed by atoms with van der Waals surface area (Å²) in [7, 11) is 0. The van der Waals surface area contributed by atoms with Gasteiger partial charge in [0.1, 0.15) is 5.82 Å². The number of nitrogens with zero attached hydrogens (tertiary/aromatic N) is 1. The summed E-state index contributed by atoms with van der Waals surface area (Å²) in [5.74, 6) is 0.997. The quantitative estimate of drug-likeness (QED) is 0.800. The number of fused-ring (bicyclic) bond motifs is 1. The second kappa shape index (κ2) is 4.45. The van der Waals surface area contributed by atoms with Gasteiger partial charge in [0.2, 0.25) is 0 Å². The molecule has 1 unspecified atom stereocenters. The lowest BCUT2D eigenvalue weighted by atomic mass is 10.1. The van der Waals surface area contributed by atoms with Crippen molar-refractivity contribution in [3.05, 3.63) is 30.1 Å². The predicted octanol–water partition coefficient (Wildman–Crippen LogP) is 2.23. The maximum Gasteiger partial charge on any atom is 0.108 e. The number of rotatable bonds is 4. The van der Waals surface area contributed by atoms with Crippen LogP contribution in [0.15, 0.2) is 24.3 Å². The van der Waals surface area contributed by atoms with Crippen LogP contribution in [-0.4, -0.2) is 16.0 Å². The number of aromatic nitrogens is 2. The van der Waals surface area contributed by atoms with Gasteiger partial charge in [0, 0.05) is 12.5 Å². The number of benzene rings is 1. The number of aromatic amines is 1. The van der Waals surface area contributed by atoms with E-state index in [0.717, 1.165) is 36.1 Å². The number of nitrogens with one attached hydrogen (secondary N) is 1. The van der Waals surface area contributed by atoms with Crippen LogP contribution in [0.2, 0.25) is 0 Å². The molecule has 0 amide bonds. The molecule has 3 heteroatoms. The maximum absolute atomic E-state index is 5.98. The van der Waals surface area contributed by atoms with Crippen molar-refractivity contribution >= 4 is 11.0 Å². The molecule has 80 valence electrons. The topological polar surface area (TPSA) is 54.7 Å². The number of H-pyrrole nitrogens is 1. The summed E-state index contributed by atoms with van der Waals surface area (Å²) in [5.41, 5.74) is 8.10. The molecule has 2 rings (SSSR count). The Morgan fingerprint density at radius 2 is 2.20 bits per heavy atom. The normalized spacial score (nSPS) is 13.2. The van der Waals surface area contributed by atoms with Gasteiger partial charge in [0.05, 0.1) is 11.0 Å². The second-order valence-electron chi connectivity index (χ2n) is 3.95. The molecule has 0 aliphatic heterocycles. The number of imidazole rings is 1. The van der Waals surface area contributed by atoms with Gasteiger partial charge in [-0.1, -0.05) is 25.5 Å². The van der Waals surface area contributed by atoms with Gasteiger partial charge < -0.3 is 10.7 Å². The van der Waals surface area contributed by atoms with Crippen molar-refractivity contribution in [2.45, 2.75) is 32.2 Å². The Hall–Kier alpha value is -1.35. The fraction of sp³-hybridized carbons (Fsp3) is 0.417. The maximum atomic E-state index is 5.98. The average Bonchev–Trinajstić information content (AvgIpc) is 2.59. The molecule has 0 fully saturated rings. The van der Waals surface area contributed by atoms with Crippen LogP contribution < -0.4 is 5.73 Å². The SMILES string of the molecule is CCCC(N)Cc1nc2ccccc2[nH]1. The van der Waals surface area contributed by atoms with E-state index in [1.165, 1.54) is 0 Å². The molecule has 2 aromatic rings. The first kappa shape index (κ1) is 10.2. The third-order valence-corrected chi connectivity index (χ3v) is 2.55. The van der Waals surface area contributed by atoms with Crippen LogP contribution in [0.3, 0.4) is 0 Å². The Bertz CT molecular complexity index is 400. The standard InChI is InChI=1S/C12H17N3/c1-2-5-9(13)8-12-14-10-6-3-4-7-11(10)15-12/h3-4,6-7,9H,2,5,8,13H2,1H3,(H,14,15). The summed E-state index contributed by atoms with van der Waals surface area (Å²) in [6, 6.07) is 8.28. The van der Waals surface area contributed by atoms with Gasteiger partial charge in [-0.2, -0.15) is 0 Å². The molecular formula is C12H17N3. The fourth-order valence-electron chi connectivity index (χ4n) is 1.82. The molecule has 3 nitrogen and oxygen atoms in total. The average molecular weight is 203 g/mol. The van der Waals surface area contributed by atoms with Crippen LogP contribution >= 0.6 is 0 Å². The largest absolute Gasteiger partial charge is 0.342 e. The van der Waals surface area contributed by atoms with Crippen LogP contribution in [-0.2, 0) is 6.42 Å². The zero-order valence-electron chi connectivity index (χ0n) is 9.03. The molecule has 1 heterocycles. The van der Waals surface area contributed by atoms with Crippen molar-refractivity contribution < 1.29 is 0 Å². The van der Waals surface area contributed by atoms with Gasteiger partial charge in [0.25, 0.3) is 0 Å². The fourth-order valence-corrected chi connectivity index (χ4v) is 1.82. The van der Waals surface area contributed by atoms with E-state index >= 15 is 0 Å². The molecule has 0 bridgehead atoms. The zero-order valence-corrected chi connectivity index (χ0v) is 9.03. The third-order valence-electron chi connectivity index (χ3n) is 2.55. The third kappa shape index (κ3) is 2.36. The van der Waals surface area contributed by atoms with Crippen molar-refractivity contribution in [2.75, 3.05) is 0 Å². The molecule has 1 atom stereocenters. The molecule has 0 saturated heterocycles. The summed E-state index contributed by atoms with van der Waals surface area (Å²) in [5, 5.41) is 0. The highest BCUT2D eigenvalue weighted by atomic mass is 14.9. The molecule has 3 N–H and O–H groups in total. The van der Waals surface area contributed by atoms with Gasteiger partial charge in [0.15, 0.2) is 0 Å². The Morgan fingerprint density at radius 3 is 2.93 bits per heavy atom. The number of hydrogen-bond acceptors (Lipinski definition) is 2. The van der Waals surface area contributed by atoms with E-state index in [-0.39, 0.29) is 6.04 Å². The molecular weight excluding hydrogens is 186 g/mol. The van der Waals surface area contributed by atoms with Crippen LogP contribution in [0.5, 0.6) is 0 Å². The highest BCUT2D eigenvalue weighted by molar-refractivity contribution is 5.74. The van der Waals surface area contributed by atoms with E-state index in [4.69, 9.17) is 5.73 Å². The van der Waals surface area contributed by atoms with E-state index in [1.807, 2.05) is 24.3 Å². The molecule has 0 radical (unpaired) electrons. The minimum Gasteiger partial charge on any atom is -0.342 e. The van der Waals surface area contributed by atoms with Crippen LogP contribution in [0.25, 0.3) is 11.0 Å². The van der Waals surface area contributed by atoms with E-state index in [9.17, 15) is 0 Å². The van der Waals surface area contributed by atoms with Crippen LogP contribution in [0.1, 0.15) is 25.6 Å². The van der Waals surface area contributed by atoms with Gasteiger partial charge in [-0.05, 0) is 18.6 Å². The Morgan fingerprint density at radius 1 is 1.40 bits per heavy atom. The Kier molecular flexibility index (Phi) is 3.02. The summed E-state index contributed by atoms with van der Waals surface area (Å²) in [4.78, 5) is 7.79. The summed E-state index contributed by atoms with van der Waals surface area (Å²) in [6.07, 6.45) is 3.01. The van der Waals surface area contributed by atoms with Gasteiger partial charge in [-0.15, -0.1) is 0 Å². The van der Waals surface area contributed by atoms with E-state index in [2.05, 4.69) is 16.9 Å². The lowest BCUT2D eigenvalue weighted by Gasteiger charge is -2.06. The Balaban J connectivity index is 2.15. The van der Waals surface area contributed by atoms with Crippen molar-refractivity contribution in [1.29, 1.82) is 0 Å². The molecule has 1 aromatic heterocycles. The molecule has 0 aliphatic rings. The lowest BCUT2D eigenvalue weighted by Crippen LogP contribution is -2.22. The van der Waals surface area contributed by atoms with Crippen LogP contribution in [0.4, 0.5) is 0 Å². The van der Waals surface area contributed by atoms with Gasteiger partial charge in [-0.3, -0.25) is 0 Å². The predicted molar refractivity (Wildman–Crippen MR) is 62.7 cm³/mol. The number of hydrogen-bond donors (Lipinski definition) is 2. The second-order valence-corrected chi connectivity index (χ2v) is 3.95. The molecule has 1 aromatic carbocycles. The molecule has 0 aliphatic carbocycles. The van der Waals surface area contributed by atoms with Crippen molar-refractivity contribution in [2.24, 2.45) is 5.73 Å². The highest BCUT2D eigenvalue weighted by Gasteiger charge is 2.06. The molecule has 0 spiro atoms. The summed E-state index contributed by atoms with van der Waals surface area (Å²) >= 11 is 0. The minimum absolute atomic E-state index is 0.218. The first-order valence-corrected chi connectivity index (χ1v) is 5.49. The smallest absolute Gasteiger partial charge is 0.108 e.